The number of morpholine rings is 1. The van der Waals surface area contributed by atoms with Crippen molar-refractivity contribution in [1.82, 2.24) is 4.90 Å². The summed E-state index contributed by atoms with van der Waals surface area (Å²) in [5.41, 5.74) is -0.107. The van der Waals surface area contributed by atoms with E-state index in [9.17, 15) is 9.90 Å². The van der Waals surface area contributed by atoms with E-state index in [1.165, 1.54) is 6.07 Å². The quantitative estimate of drug-likeness (QED) is 0.862. The Labute approximate surface area is 117 Å². The number of aromatic hydroxyl groups is 1. The van der Waals surface area contributed by atoms with Crippen LogP contribution in [0.3, 0.4) is 0 Å². The van der Waals surface area contributed by atoms with Gasteiger partial charge in [0.25, 0.3) is 5.91 Å². The molecule has 0 saturated carbocycles. The van der Waals surface area contributed by atoms with E-state index < -0.39 is 0 Å². The number of carbonyl (C=O) groups is 1. The van der Waals surface area contributed by atoms with Gasteiger partial charge in [-0.25, -0.2) is 0 Å². The maximum atomic E-state index is 12.4. The number of phenols is 1. The molecule has 0 bridgehead atoms. The average Bonchev–Trinajstić information content (AvgIpc) is 2.25. The zero-order valence-electron chi connectivity index (χ0n) is 11.3. The second-order valence-electron chi connectivity index (χ2n) is 5.54. The predicted molar refractivity (Wildman–Crippen MR) is 73.6 cm³/mol. The summed E-state index contributed by atoms with van der Waals surface area (Å²) in [5.74, 6) is -0.285. The second kappa shape index (κ2) is 5.02. The SMILES string of the molecule is CC1CN(C(=O)c2ccc(Cl)cc2O)CC(C)(C)O1. The van der Waals surface area contributed by atoms with Crippen LogP contribution in [0, 0.1) is 0 Å². The van der Waals surface area contributed by atoms with E-state index in [1.54, 1.807) is 17.0 Å². The first kappa shape index (κ1) is 14.2. The third-order valence-corrected chi connectivity index (χ3v) is 3.28. The Morgan fingerprint density at radius 1 is 1.53 bits per heavy atom. The molecule has 4 nitrogen and oxygen atoms in total. The molecule has 0 spiro atoms. The lowest BCUT2D eigenvalue weighted by atomic mass is 10.0. The summed E-state index contributed by atoms with van der Waals surface area (Å²) in [6.07, 6.45) is -0.0258. The highest BCUT2D eigenvalue weighted by Gasteiger charge is 2.34. The van der Waals surface area contributed by atoms with Crippen molar-refractivity contribution in [2.75, 3.05) is 13.1 Å². The van der Waals surface area contributed by atoms with Gasteiger partial charge in [-0.2, -0.15) is 0 Å². The van der Waals surface area contributed by atoms with Gasteiger partial charge in [0.15, 0.2) is 0 Å². The molecule has 0 aromatic heterocycles. The number of halogens is 1. The van der Waals surface area contributed by atoms with Crippen molar-refractivity contribution in [1.29, 1.82) is 0 Å². The third-order valence-electron chi connectivity index (χ3n) is 3.05. The van der Waals surface area contributed by atoms with Crippen molar-refractivity contribution in [2.45, 2.75) is 32.5 Å². The molecule has 1 N–H and O–H groups in total. The van der Waals surface area contributed by atoms with E-state index in [0.717, 1.165) is 0 Å². The highest BCUT2D eigenvalue weighted by Crippen LogP contribution is 2.26. The third kappa shape index (κ3) is 3.19. The van der Waals surface area contributed by atoms with Gasteiger partial charge in [0.2, 0.25) is 0 Å². The van der Waals surface area contributed by atoms with Crippen LogP contribution in [-0.2, 0) is 4.74 Å². The average molecular weight is 284 g/mol. The van der Waals surface area contributed by atoms with Crippen LogP contribution in [-0.4, -0.2) is 40.7 Å². The smallest absolute Gasteiger partial charge is 0.257 e. The summed E-state index contributed by atoms with van der Waals surface area (Å²) in [4.78, 5) is 14.1. The van der Waals surface area contributed by atoms with E-state index in [2.05, 4.69) is 0 Å². The number of nitrogens with zero attached hydrogens (tertiary/aromatic N) is 1. The van der Waals surface area contributed by atoms with Crippen LogP contribution in [0.2, 0.25) is 5.02 Å². The molecule has 2 rings (SSSR count). The van der Waals surface area contributed by atoms with Gasteiger partial charge < -0.3 is 14.7 Å². The van der Waals surface area contributed by atoms with E-state index in [-0.39, 0.29) is 28.9 Å². The molecule has 1 amide bonds. The van der Waals surface area contributed by atoms with Gasteiger partial charge in [-0.05, 0) is 39.0 Å². The predicted octanol–water partition coefficient (Wildman–Crippen LogP) is 2.69. The molecule has 1 aliphatic heterocycles. The van der Waals surface area contributed by atoms with Gasteiger partial charge in [0, 0.05) is 18.1 Å². The Kier molecular flexibility index (Phi) is 3.74. The van der Waals surface area contributed by atoms with Crippen LogP contribution >= 0.6 is 11.6 Å². The molecule has 1 aromatic carbocycles. The number of rotatable bonds is 1. The molecule has 5 heteroatoms. The number of amides is 1. The second-order valence-corrected chi connectivity index (χ2v) is 5.97. The number of benzene rings is 1. The molecule has 1 atom stereocenters. The first-order valence-corrected chi connectivity index (χ1v) is 6.62. The molecule has 104 valence electrons. The van der Waals surface area contributed by atoms with Crippen molar-refractivity contribution in [3.8, 4) is 5.75 Å². The fraction of sp³-hybridized carbons (Fsp3) is 0.500. The molecule has 1 fully saturated rings. The van der Waals surface area contributed by atoms with Gasteiger partial charge >= 0.3 is 0 Å². The number of phenolic OH excluding ortho intramolecular Hbond substituents is 1. The van der Waals surface area contributed by atoms with Crippen LogP contribution in [0.15, 0.2) is 18.2 Å². The molecular formula is C14H18ClNO3. The summed E-state index contributed by atoms with van der Waals surface area (Å²) < 4.78 is 5.76. The molecule has 0 radical (unpaired) electrons. The van der Waals surface area contributed by atoms with E-state index >= 15 is 0 Å². The Morgan fingerprint density at radius 2 is 2.21 bits per heavy atom. The summed E-state index contributed by atoms with van der Waals surface area (Å²) >= 11 is 5.77. The first-order valence-electron chi connectivity index (χ1n) is 6.24. The summed E-state index contributed by atoms with van der Waals surface area (Å²) in [6.45, 7) is 6.85. The van der Waals surface area contributed by atoms with E-state index in [0.29, 0.717) is 18.1 Å². The van der Waals surface area contributed by atoms with Crippen molar-refractivity contribution >= 4 is 17.5 Å². The van der Waals surface area contributed by atoms with E-state index in [4.69, 9.17) is 16.3 Å². The topological polar surface area (TPSA) is 49.8 Å². The zero-order valence-corrected chi connectivity index (χ0v) is 12.1. The van der Waals surface area contributed by atoms with Crippen molar-refractivity contribution < 1.29 is 14.6 Å². The molecule has 1 aromatic rings. The van der Waals surface area contributed by atoms with Crippen molar-refractivity contribution in [3.63, 3.8) is 0 Å². The normalized spacial score (nSPS) is 22.3. The summed E-state index contributed by atoms with van der Waals surface area (Å²) in [6, 6.07) is 4.53. The monoisotopic (exact) mass is 283 g/mol. The lowest BCUT2D eigenvalue weighted by Crippen LogP contribution is -2.53. The Balaban J connectivity index is 2.24. The minimum Gasteiger partial charge on any atom is -0.507 e. The summed E-state index contributed by atoms with van der Waals surface area (Å²) in [5, 5.41) is 10.2. The standard InChI is InChI=1S/C14H18ClNO3/c1-9-7-16(8-14(2,3)19-9)13(18)11-5-4-10(15)6-12(11)17/h4-6,9,17H,7-8H2,1-3H3. The molecule has 1 heterocycles. The minimum absolute atomic E-state index is 0.0258. The minimum atomic E-state index is -0.380. The van der Waals surface area contributed by atoms with Gasteiger partial charge in [0.1, 0.15) is 5.75 Å². The van der Waals surface area contributed by atoms with Crippen molar-refractivity contribution in [2.24, 2.45) is 0 Å². The van der Waals surface area contributed by atoms with Gasteiger partial charge in [-0.3, -0.25) is 4.79 Å². The van der Waals surface area contributed by atoms with E-state index in [1.807, 2.05) is 20.8 Å². The molecular weight excluding hydrogens is 266 g/mol. The lowest BCUT2D eigenvalue weighted by molar-refractivity contribution is -0.118. The molecule has 1 saturated heterocycles. The fourth-order valence-corrected chi connectivity index (χ4v) is 2.63. The van der Waals surface area contributed by atoms with Gasteiger partial charge in [-0.15, -0.1) is 0 Å². The maximum Gasteiger partial charge on any atom is 0.257 e. The lowest BCUT2D eigenvalue weighted by Gasteiger charge is -2.41. The number of hydrogen-bond donors (Lipinski definition) is 1. The summed E-state index contributed by atoms with van der Waals surface area (Å²) in [7, 11) is 0. The van der Waals surface area contributed by atoms with Gasteiger partial charge in [-0.1, -0.05) is 11.6 Å². The van der Waals surface area contributed by atoms with Crippen LogP contribution in [0.25, 0.3) is 0 Å². The largest absolute Gasteiger partial charge is 0.507 e. The number of carbonyl (C=O) groups excluding carboxylic acids is 1. The Bertz CT molecular complexity index is 501. The maximum absolute atomic E-state index is 12.4. The zero-order chi connectivity index (χ0) is 14.2. The molecule has 1 unspecified atom stereocenters. The highest BCUT2D eigenvalue weighted by atomic mass is 35.5. The molecule has 1 aliphatic rings. The Hall–Kier alpha value is -1.26. The first-order chi connectivity index (χ1) is 8.78. The van der Waals surface area contributed by atoms with Gasteiger partial charge in [0.05, 0.1) is 17.3 Å². The van der Waals surface area contributed by atoms with Crippen molar-refractivity contribution in [3.05, 3.63) is 28.8 Å². The van der Waals surface area contributed by atoms with Crippen LogP contribution in [0.5, 0.6) is 5.75 Å². The fourth-order valence-electron chi connectivity index (χ4n) is 2.46. The number of hydrogen-bond acceptors (Lipinski definition) is 3. The Morgan fingerprint density at radius 3 is 2.79 bits per heavy atom. The van der Waals surface area contributed by atoms with Crippen LogP contribution < -0.4 is 0 Å². The molecule has 0 aliphatic carbocycles. The van der Waals surface area contributed by atoms with Crippen LogP contribution in [0.1, 0.15) is 31.1 Å². The molecule has 19 heavy (non-hydrogen) atoms. The van der Waals surface area contributed by atoms with Crippen LogP contribution in [0.4, 0.5) is 0 Å². The number of ether oxygens (including phenoxy) is 1. The highest BCUT2D eigenvalue weighted by molar-refractivity contribution is 6.30.